The van der Waals surface area contributed by atoms with Gasteiger partial charge in [0, 0.05) is 48.8 Å². The van der Waals surface area contributed by atoms with Crippen molar-refractivity contribution >= 4 is 22.7 Å². The fourth-order valence-electron chi connectivity index (χ4n) is 4.45. The molecule has 166 valence electrons. The van der Waals surface area contributed by atoms with Gasteiger partial charge in [0.05, 0.1) is 6.42 Å². The number of hydrogen-bond acceptors (Lipinski definition) is 4. The van der Waals surface area contributed by atoms with E-state index in [9.17, 15) is 9.59 Å². The summed E-state index contributed by atoms with van der Waals surface area (Å²) in [6.45, 7) is 1.84. The maximum Gasteiger partial charge on any atom is 0.274 e. The van der Waals surface area contributed by atoms with Crippen LogP contribution in [-0.2, 0) is 33.8 Å². The molecule has 0 bridgehead atoms. The molecule has 1 aromatic heterocycles. The van der Waals surface area contributed by atoms with E-state index < -0.39 is 0 Å². The zero-order valence-electron chi connectivity index (χ0n) is 17.9. The molecule has 1 saturated heterocycles. The largest absolute Gasteiger partial charge is 0.361 e. The van der Waals surface area contributed by atoms with Crippen LogP contribution in [0.15, 0.2) is 48.7 Å². The fourth-order valence-corrected chi connectivity index (χ4v) is 4.45. The van der Waals surface area contributed by atoms with Crippen LogP contribution >= 0.6 is 0 Å². The zero-order valence-corrected chi connectivity index (χ0v) is 17.9. The van der Waals surface area contributed by atoms with E-state index in [4.69, 9.17) is 9.57 Å². The van der Waals surface area contributed by atoms with E-state index in [1.165, 1.54) is 5.56 Å². The number of para-hydroxylation sites is 1. The van der Waals surface area contributed by atoms with E-state index in [-0.39, 0.29) is 18.1 Å². The highest BCUT2D eigenvalue weighted by molar-refractivity contribution is 5.94. The Morgan fingerprint density at radius 1 is 1.16 bits per heavy atom. The number of amides is 2. The third-order valence-corrected chi connectivity index (χ3v) is 6.27. The summed E-state index contributed by atoms with van der Waals surface area (Å²) in [6.07, 6.45) is 5.49. The van der Waals surface area contributed by atoms with Gasteiger partial charge in [0.2, 0.25) is 5.91 Å². The van der Waals surface area contributed by atoms with Crippen LogP contribution in [0.1, 0.15) is 46.3 Å². The Balaban J connectivity index is 1.23. The summed E-state index contributed by atoms with van der Waals surface area (Å²) in [5.41, 5.74) is 7.25. The smallest absolute Gasteiger partial charge is 0.274 e. The Labute approximate surface area is 186 Å². The lowest BCUT2D eigenvalue weighted by Gasteiger charge is -2.29. The predicted molar refractivity (Wildman–Crippen MR) is 120 cm³/mol. The van der Waals surface area contributed by atoms with E-state index in [0.717, 1.165) is 47.7 Å². The summed E-state index contributed by atoms with van der Waals surface area (Å²) < 4.78 is 5.48. The Morgan fingerprint density at radius 3 is 2.94 bits per heavy atom. The molecular formula is C25H27N3O4. The molecule has 0 spiro atoms. The van der Waals surface area contributed by atoms with Crippen molar-refractivity contribution in [1.82, 2.24) is 15.4 Å². The SMILES string of the molecule is O=C(NOC1CCCCO1)c1ccc2c(c1)CN(C(=O)Cc1c[nH]c3ccccc13)CC2. The summed E-state index contributed by atoms with van der Waals surface area (Å²) in [4.78, 5) is 36.1. The number of hydrogen-bond donors (Lipinski definition) is 2. The molecule has 0 aliphatic carbocycles. The Kier molecular flexibility index (Phi) is 5.92. The molecule has 7 heteroatoms. The van der Waals surface area contributed by atoms with Crippen molar-refractivity contribution < 1.29 is 19.2 Å². The number of H-pyrrole nitrogens is 1. The number of ether oxygens (including phenoxy) is 1. The van der Waals surface area contributed by atoms with Gasteiger partial charge in [-0.25, -0.2) is 10.3 Å². The first-order valence-corrected chi connectivity index (χ1v) is 11.2. The second kappa shape index (κ2) is 9.14. The highest BCUT2D eigenvalue weighted by Crippen LogP contribution is 2.23. The molecule has 0 saturated carbocycles. The quantitative estimate of drug-likeness (QED) is 0.604. The van der Waals surface area contributed by atoms with Crippen molar-refractivity contribution in [2.75, 3.05) is 13.2 Å². The van der Waals surface area contributed by atoms with Gasteiger partial charge in [0.15, 0.2) is 6.29 Å². The van der Waals surface area contributed by atoms with Crippen molar-refractivity contribution in [1.29, 1.82) is 0 Å². The molecule has 2 aliphatic heterocycles. The van der Waals surface area contributed by atoms with E-state index in [0.29, 0.717) is 31.7 Å². The second-order valence-electron chi connectivity index (χ2n) is 8.43. The van der Waals surface area contributed by atoms with Crippen LogP contribution in [0, 0.1) is 0 Å². The van der Waals surface area contributed by atoms with Gasteiger partial charge in [-0.1, -0.05) is 24.3 Å². The molecule has 32 heavy (non-hydrogen) atoms. The van der Waals surface area contributed by atoms with Gasteiger partial charge < -0.3 is 14.6 Å². The number of carbonyl (C=O) groups is 2. The van der Waals surface area contributed by atoms with Crippen LogP contribution < -0.4 is 5.48 Å². The first-order valence-electron chi connectivity index (χ1n) is 11.2. The first-order chi connectivity index (χ1) is 15.7. The molecule has 1 unspecified atom stereocenters. The Morgan fingerprint density at radius 2 is 2.06 bits per heavy atom. The average Bonchev–Trinajstić information content (AvgIpc) is 3.25. The van der Waals surface area contributed by atoms with Crippen LogP contribution in [-0.4, -0.2) is 41.1 Å². The number of nitrogens with zero attached hydrogens (tertiary/aromatic N) is 1. The van der Waals surface area contributed by atoms with E-state index in [1.807, 2.05) is 53.6 Å². The van der Waals surface area contributed by atoms with Gasteiger partial charge in [-0.2, -0.15) is 0 Å². The van der Waals surface area contributed by atoms with Crippen LogP contribution in [0.2, 0.25) is 0 Å². The topological polar surface area (TPSA) is 83.7 Å². The van der Waals surface area contributed by atoms with Crippen LogP contribution in [0.25, 0.3) is 10.9 Å². The number of aromatic nitrogens is 1. The molecule has 2 aliphatic rings. The summed E-state index contributed by atoms with van der Waals surface area (Å²) in [5.74, 6) is -0.211. The number of hydroxylamine groups is 1. The lowest BCUT2D eigenvalue weighted by atomic mass is 9.96. The minimum atomic E-state index is -0.386. The lowest BCUT2D eigenvalue weighted by molar-refractivity contribution is -0.186. The number of nitrogens with one attached hydrogen (secondary N) is 2. The van der Waals surface area contributed by atoms with Crippen molar-refractivity contribution in [3.05, 3.63) is 70.9 Å². The minimum Gasteiger partial charge on any atom is -0.361 e. The molecule has 7 nitrogen and oxygen atoms in total. The second-order valence-corrected chi connectivity index (χ2v) is 8.43. The van der Waals surface area contributed by atoms with Crippen molar-refractivity contribution in [2.45, 2.75) is 44.9 Å². The molecular weight excluding hydrogens is 406 g/mol. The molecule has 1 atom stereocenters. The van der Waals surface area contributed by atoms with Crippen LogP contribution in [0.4, 0.5) is 0 Å². The van der Waals surface area contributed by atoms with Gasteiger partial charge in [0.1, 0.15) is 0 Å². The molecule has 0 radical (unpaired) electrons. The third-order valence-electron chi connectivity index (χ3n) is 6.27. The molecule has 3 heterocycles. The highest BCUT2D eigenvalue weighted by atomic mass is 16.8. The maximum absolute atomic E-state index is 13.0. The zero-order chi connectivity index (χ0) is 21.9. The monoisotopic (exact) mass is 433 g/mol. The summed E-state index contributed by atoms with van der Waals surface area (Å²) >= 11 is 0. The molecule has 1 fully saturated rings. The predicted octanol–water partition coefficient (Wildman–Crippen LogP) is 3.48. The number of benzene rings is 2. The molecule has 2 N–H and O–H groups in total. The van der Waals surface area contributed by atoms with E-state index >= 15 is 0 Å². The normalized spacial score (nSPS) is 18.4. The van der Waals surface area contributed by atoms with Crippen molar-refractivity contribution in [3.8, 4) is 0 Å². The van der Waals surface area contributed by atoms with E-state index in [2.05, 4.69) is 10.5 Å². The lowest BCUT2D eigenvalue weighted by Crippen LogP contribution is -2.37. The molecule has 2 aromatic carbocycles. The van der Waals surface area contributed by atoms with Crippen LogP contribution in [0.3, 0.4) is 0 Å². The number of carbonyl (C=O) groups excluding carboxylic acids is 2. The van der Waals surface area contributed by atoms with Gasteiger partial charge in [0.25, 0.3) is 5.91 Å². The van der Waals surface area contributed by atoms with Crippen LogP contribution in [0.5, 0.6) is 0 Å². The number of fused-ring (bicyclic) bond motifs is 2. The standard InChI is InChI=1S/C25H27N3O4/c29-23(14-19-15-26-22-6-2-1-5-21(19)22)28-11-10-17-8-9-18(13-20(17)16-28)25(30)27-32-24-7-3-4-12-31-24/h1-2,5-6,8-9,13,15,24,26H,3-4,7,10-12,14,16H2,(H,27,30). The average molecular weight is 434 g/mol. The van der Waals surface area contributed by atoms with Crippen molar-refractivity contribution in [2.24, 2.45) is 0 Å². The number of rotatable bonds is 5. The minimum absolute atomic E-state index is 0.0908. The third kappa shape index (κ3) is 4.40. The molecule has 2 amide bonds. The Hall–Kier alpha value is -3.16. The highest BCUT2D eigenvalue weighted by Gasteiger charge is 2.23. The van der Waals surface area contributed by atoms with Gasteiger partial charge in [-0.3, -0.25) is 9.59 Å². The molecule has 5 rings (SSSR count). The first kappa shape index (κ1) is 20.7. The Bertz CT molecular complexity index is 1130. The fraction of sp³-hybridized carbons (Fsp3) is 0.360. The van der Waals surface area contributed by atoms with Gasteiger partial charge >= 0.3 is 0 Å². The number of aromatic amines is 1. The van der Waals surface area contributed by atoms with Crippen molar-refractivity contribution in [3.63, 3.8) is 0 Å². The van der Waals surface area contributed by atoms with Gasteiger partial charge in [-0.05, 0) is 54.2 Å². The summed E-state index contributed by atoms with van der Waals surface area (Å²) in [6, 6.07) is 13.7. The molecule has 3 aromatic rings. The van der Waals surface area contributed by atoms with E-state index in [1.54, 1.807) is 0 Å². The van der Waals surface area contributed by atoms with Gasteiger partial charge in [-0.15, -0.1) is 0 Å². The maximum atomic E-state index is 13.0. The summed E-state index contributed by atoms with van der Waals surface area (Å²) in [5, 5.41) is 1.08. The summed E-state index contributed by atoms with van der Waals surface area (Å²) in [7, 11) is 0.